The smallest absolute Gasteiger partial charge is 0.463 e. The molecule has 4 N–H and O–H groups in total. The molecule has 9 nitrogen and oxygen atoms in total. The Morgan fingerprint density at radius 3 is 1.96 bits per heavy atom. The SMILES string of the molecule is CCCCCCCCCCC(=O)OCC(O)COP(=O)(O)OCC(O)CO. The van der Waals surface area contributed by atoms with Crippen molar-refractivity contribution >= 4 is 13.8 Å². The van der Waals surface area contributed by atoms with E-state index in [0.29, 0.717) is 0 Å². The van der Waals surface area contributed by atoms with E-state index < -0.39 is 45.8 Å². The number of esters is 1. The molecular weight excluding hydrogens is 379 g/mol. The lowest BCUT2D eigenvalue weighted by Gasteiger charge is -2.16. The summed E-state index contributed by atoms with van der Waals surface area (Å²) in [6.07, 6.45) is 6.59. The molecule has 0 aromatic rings. The van der Waals surface area contributed by atoms with Crippen LogP contribution in [0.4, 0.5) is 0 Å². The highest BCUT2D eigenvalue weighted by molar-refractivity contribution is 7.47. The van der Waals surface area contributed by atoms with Crippen molar-refractivity contribution in [2.45, 2.75) is 76.9 Å². The Morgan fingerprint density at radius 1 is 0.889 bits per heavy atom. The fourth-order valence-electron chi connectivity index (χ4n) is 2.16. The second kappa shape index (κ2) is 16.4. The highest BCUT2D eigenvalue weighted by Crippen LogP contribution is 2.43. The summed E-state index contributed by atoms with van der Waals surface area (Å²) in [5, 5.41) is 27.2. The van der Waals surface area contributed by atoms with Gasteiger partial charge >= 0.3 is 13.8 Å². The molecule has 0 aromatic carbocycles. The molecule has 0 aliphatic rings. The van der Waals surface area contributed by atoms with Crippen LogP contribution >= 0.6 is 7.82 Å². The summed E-state index contributed by atoms with van der Waals surface area (Å²) in [5.74, 6) is -0.436. The molecule has 0 aliphatic heterocycles. The first-order valence-corrected chi connectivity index (χ1v) is 11.0. The molecule has 0 aliphatic carbocycles. The van der Waals surface area contributed by atoms with Crippen LogP contribution in [0, 0.1) is 0 Å². The van der Waals surface area contributed by atoms with E-state index in [1.165, 1.54) is 32.1 Å². The van der Waals surface area contributed by atoms with Gasteiger partial charge in [-0.2, -0.15) is 0 Å². The summed E-state index contributed by atoms with van der Waals surface area (Å²) in [5.41, 5.74) is 0. The standard InChI is InChI=1S/C17H35O9P/c1-2-3-4-5-6-7-8-9-10-17(21)24-12-16(20)14-26-27(22,23)25-13-15(19)11-18/h15-16,18-20H,2-14H2,1H3,(H,22,23). The van der Waals surface area contributed by atoms with Gasteiger partial charge in [0.1, 0.15) is 18.8 Å². The number of phosphoric acid groups is 1. The zero-order valence-electron chi connectivity index (χ0n) is 16.1. The van der Waals surface area contributed by atoms with Gasteiger partial charge in [0, 0.05) is 6.42 Å². The Bertz CT molecular complexity index is 419. The van der Waals surface area contributed by atoms with E-state index in [0.717, 1.165) is 19.3 Å². The first-order chi connectivity index (χ1) is 12.8. The maximum absolute atomic E-state index is 11.6. The number of phosphoric ester groups is 1. The van der Waals surface area contributed by atoms with Crippen LogP contribution < -0.4 is 0 Å². The molecule has 0 aromatic heterocycles. The number of carbonyl (C=O) groups excluding carboxylic acids is 1. The molecule has 0 rings (SSSR count). The van der Waals surface area contributed by atoms with Crippen molar-refractivity contribution < 1.29 is 43.4 Å². The largest absolute Gasteiger partial charge is 0.472 e. The minimum atomic E-state index is -4.47. The van der Waals surface area contributed by atoms with Gasteiger partial charge in [-0.15, -0.1) is 0 Å². The van der Waals surface area contributed by atoms with E-state index in [2.05, 4.69) is 16.0 Å². The fraction of sp³-hybridized carbons (Fsp3) is 0.941. The Morgan fingerprint density at radius 2 is 1.41 bits per heavy atom. The van der Waals surface area contributed by atoms with Crippen molar-refractivity contribution in [3.05, 3.63) is 0 Å². The summed E-state index contributed by atoms with van der Waals surface area (Å²) in [6.45, 7) is 0.0317. The topological polar surface area (TPSA) is 143 Å². The van der Waals surface area contributed by atoms with E-state index in [1.54, 1.807) is 0 Å². The van der Waals surface area contributed by atoms with Crippen LogP contribution in [0.25, 0.3) is 0 Å². The second-order valence-corrected chi connectivity index (χ2v) is 7.91. The first kappa shape index (κ1) is 26.5. The van der Waals surface area contributed by atoms with Crippen molar-refractivity contribution in [2.24, 2.45) is 0 Å². The first-order valence-electron chi connectivity index (χ1n) is 9.55. The van der Waals surface area contributed by atoms with E-state index in [9.17, 15) is 19.4 Å². The molecule has 0 fully saturated rings. The summed E-state index contributed by atoms with van der Waals surface area (Å²) in [6, 6.07) is 0. The van der Waals surface area contributed by atoms with Gasteiger partial charge in [0.15, 0.2) is 0 Å². The fourth-order valence-corrected chi connectivity index (χ4v) is 2.96. The Balaban J connectivity index is 3.69. The summed E-state index contributed by atoms with van der Waals surface area (Å²) < 4.78 is 25.3. The van der Waals surface area contributed by atoms with Gasteiger partial charge in [-0.05, 0) is 6.42 Å². The molecule has 162 valence electrons. The van der Waals surface area contributed by atoms with Crippen molar-refractivity contribution in [2.75, 3.05) is 26.4 Å². The zero-order valence-corrected chi connectivity index (χ0v) is 17.0. The summed E-state index contributed by atoms with van der Waals surface area (Å²) >= 11 is 0. The third-order valence-electron chi connectivity index (χ3n) is 3.74. The zero-order chi connectivity index (χ0) is 20.5. The third kappa shape index (κ3) is 17.3. The van der Waals surface area contributed by atoms with Crippen LogP contribution in [-0.2, 0) is 23.1 Å². The molecule has 0 bridgehead atoms. The van der Waals surface area contributed by atoms with Crippen molar-refractivity contribution in [1.29, 1.82) is 0 Å². The Kier molecular flexibility index (Phi) is 16.1. The summed E-state index contributed by atoms with van der Waals surface area (Å²) in [7, 11) is -4.47. The predicted molar refractivity (Wildman–Crippen MR) is 99.0 cm³/mol. The number of hydrogen-bond acceptors (Lipinski definition) is 8. The van der Waals surface area contributed by atoms with Gasteiger partial charge in [-0.3, -0.25) is 13.8 Å². The molecule has 3 unspecified atom stereocenters. The summed E-state index contributed by atoms with van der Waals surface area (Å²) in [4.78, 5) is 20.9. The van der Waals surface area contributed by atoms with Crippen molar-refractivity contribution in [3.8, 4) is 0 Å². The highest BCUT2D eigenvalue weighted by Gasteiger charge is 2.24. The van der Waals surface area contributed by atoms with Gasteiger partial charge in [0.25, 0.3) is 0 Å². The van der Waals surface area contributed by atoms with Crippen LogP contribution in [-0.4, -0.2) is 64.8 Å². The number of rotatable bonds is 18. The van der Waals surface area contributed by atoms with Crippen LogP contribution in [0.1, 0.15) is 64.7 Å². The van der Waals surface area contributed by atoms with Crippen LogP contribution in [0.5, 0.6) is 0 Å². The molecule has 0 spiro atoms. The molecule has 0 amide bonds. The van der Waals surface area contributed by atoms with E-state index in [1.807, 2.05) is 0 Å². The lowest BCUT2D eigenvalue weighted by Crippen LogP contribution is -2.24. The minimum absolute atomic E-state index is 0.267. The van der Waals surface area contributed by atoms with Crippen molar-refractivity contribution in [1.82, 2.24) is 0 Å². The molecule has 10 heteroatoms. The normalized spacial score (nSPS) is 15.9. The molecular formula is C17H35O9P. The van der Waals surface area contributed by atoms with Gasteiger partial charge < -0.3 is 24.9 Å². The van der Waals surface area contributed by atoms with Crippen LogP contribution in [0.15, 0.2) is 0 Å². The Labute approximate surface area is 161 Å². The van der Waals surface area contributed by atoms with Crippen LogP contribution in [0.2, 0.25) is 0 Å². The minimum Gasteiger partial charge on any atom is -0.463 e. The molecule has 0 saturated carbocycles. The maximum Gasteiger partial charge on any atom is 0.472 e. The molecule has 27 heavy (non-hydrogen) atoms. The Hall–Kier alpha value is -0.540. The average molecular weight is 414 g/mol. The van der Waals surface area contributed by atoms with Gasteiger partial charge in [-0.1, -0.05) is 51.9 Å². The van der Waals surface area contributed by atoms with Gasteiger partial charge in [0.05, 0.1) is 19.8 Å². The molecule has 0 saturated heterocycles. The van der Waals surface area contributed by atoms with Crippen LogP contribution in [0.3, 0.4) is 0 Å². The van der Waals surface area contributed by atoms with Crippen molar-refractivity contribution in [3.63, 3.8) is 0 Å². The number of unbranched alkanes of at least 4 members (excludes halogenated alkanes) is 7. The van der Waals surface area contributed by atoms with Gasteiger partial charge in [-0.25, -0.2) is 4.57 Å². The number of hydrogen-bond donors (Lipinski definition) is 4. The quantitative estimate of drug-likeness (QED) is 0.150. The monoisotopic (exact) mass is 414 g/mol. The van der Waals surface area contributed by atoms with E-state index in [-0.39, 0.29) is 13.0 Å². The van der Waals surface area contributed by atoms with Gasteiger partial charge in [0.2, 0.25) is 0 Å². The highest BCUT2D eigenvalue weighted by atomic mass is 31.2. The van der Waals surface area contributed by atoms with E-state index in [4.69, 9.17) is 14.9 Å². The van der Waals surface area contributed by atoms with E-state index >= 15 is 0 Å². The number of ether oxygens (including phenoxy) is 1. The molecule has 3 atom stereocenters. The molecule has 0 heterocycles. The average Bonchev–Trinajstić information content (AvgIpc) is 2.65. The lowest BCUT2D eigenvalue weighted by atomic mass is 10.1. The number of carbonyl (C=O) groups is 1. The maximum atomic E-state index is 11.6. The third-order valence-corrected chi connectivity index (χ3v) is 4.69. The molecule has 0 radical (unpaired) electrons. The predicted octanol–water partition coefficient (Wildman–Crippen LogP) is 1.91. The number of aliphatic hydroxyl groups excluding tert-OH is 3. The lowest BCUT2D eigenvalue weighted by molar-refractivity contribution is -0.147. The second-order valence-electron chi connectivity index (χ2n) is 6.46. The number of aliphatic hydroxyl groups is 3.